The summed E-state index contributed by atoms with van der Waals surface area (Å²) in [6.07, 6.45) is 8.54. The lowest BCUT2D eigenvalue weighted by atomic mass is 10.2. The molecule has 0 aliphatic heterocycles. The Kier molecular flexibility index (Phi) is 3.99. The fourth-order valence-corrected chi connectivity index (χ4v) is 2.28. The van der Waals surface area contributed by atoms with Crippen molar-refractivity contribution < 1.29 is 4.74 Å². The van der Waals surface area contributed by atoms with Gasteiger partial charge in [-0.1, -0.05) is 19.8 Å². The lowest BCUT2D eigenvalue weighted by molar-refractivity contribution is 0.0458. The Morgan fingerprint density at radius 1 is 1.50 bits per heavy atom. The zero-order chi connectivity index (χ0) is 11.4. The molecule has 0 N–H and O–H groups in total. The van der Waals surface area contributed by atoms with Crippen LogP contribution in [0.15, 0.2) is 12.3 Å². The number of aromatic nitrogens is 2. The molecule has 1 aliphatic rings. The van der Waals surface area contributed by atoms with E-state index in [0.29, 0.717) is 18.8 Å². The van der Waals surface area contributed by atoms with Gasteiger partial charge in [-0.15, -0.1) is 0 Å². The summed E-state index contributed by atoms with van der Waals surface area (Å²) in [5.74, 6) is 0. The van der Waals surface area contributed by atoms with Gasteiger partial charge in [0.15, 0.2) is 0 Å². The number of ether oxygens (including phenoxy) is 1. The molecule has 3 heteroatoms. The SMILES string of the molecule is CC[C@@H](C)OCc1ccnn1C1CCCC1. The second-order valence-electron chi connectivity index (χ2n) is 4.74. The van der Waals surface area contributed by atoms with Crippen molar-refractivity contribution in [2.24, 2.45) is 0 Å². The van der Waals surface area contributed by atoms with Gasteiger partial charge in [0.25, 0.3) is 0 Å². The van der Waals surface area contributed by atoms with Crippen LogP contribution in [0.1, 0.15) is 57.7 Å². The van der Waals surface area contributed by atoms with Gasteiger partial charge in [-0.2, -0.15) is 5.10 Å². The van der Waals surface area contributed by atoms with Crippen LogP contribution < -0.4 is 0 Å². The summed E-state index contributed by atoms with van der Waals surface area (Å²) in [6.45, 7) is 4.97. The molecule has 1 saturated carbocycles. The first-order chi connectivity index (χ1) is 7.81. The fourth-order valence-electron chi connectivity index (χ4n) is 2.28. The molecule has 2 rings (SSSR count). The minimum Gasteiger partial charge on any atom is -0.372 e. The number of rotatable bonds is 5. The third kappa shape index (κ3) is 2.64. The molecule has 1 atom stereocenters. The molecule has 0 aromatic carbocycles. The lowest BCUT2D eigenvalue weighted by Gasteiger charge is -2.16. The predicted molar refractivity (Wildman–Crippen MR) is 64.3 cm³/mol. The van der Waals surface area contributed by atoms with E-state index in [1.807, 2.05) is 6.20 Å². The highest BCUT2D eigenvalue weighted by Gasteiger charge is 2.19. The highest BCUT2D eigenvalue weighted by molar-refractivity contribution is 5.01. The third-order valence-electron chi connectivity index (χ3n) is 3.51. The molecule has 0 amide bonds. The molecular weight excluding hydrogens is 200 g/mol. The van der Waals surface area contributed by atoms with E-state index in [1.165, 1.54) is 31.4 Å². The molecule has 1 aromatic heterocycles. The fraction of sp³-hybridized carbons (Fsp3) is 0.769. The topological polar surface area (TPSA) is 27.1 Å². The van der Waals surface area contributed by atoms with E-state index in [2.05, 4.69) is 29.7 Å². The highest BCUT2D eigenvalue weighted by atomic mass is 16.5. The van der Waals surface area contributed by atoms with Crippen LogP contribution in [0.4, 0.5) is 0 Å². The summed E-state index contributed by atoms with van der Waals surface area (Å²) in [5.41, 5.74) is 1.23. The molecular formula is C13H22N2O. The largest absolute Gasteiger partial charge is 0.372 e. The number of hydrogen-bond acceptors (Lipinski definition) is 2. The van der Waals surface area contributed by atoms with Crippen LogP contribution in [0.2, 0.25) is 0 Å². The summed E-state index contributed by atoms with van der Waals surface area (Å²) in [7, 11) is 0. The predicted octanol–water partition coefficient (Wildman–Crippen LogP) is 3.31. The van der Waals surface area contributed by atoms with Crippen molar-refractivity contribution >= 4 is 0 Å². The van der Waals surface area contributed by atoms with Crippen molar-refractivity contribution in [3.63, 3.8) is 0 Å². The minimum absolute atomic E-state index is 0.340. The van der Waals surface area contributed by atoms with Crippen molar-refractivity contribution in [2.75, 3.05) is 0 Å². The summed E-state index contributed by atoms with van der Waals surface area (Å²) in [5, 5.41) is 4.44. The zero-order valence-electron chi connectivity index (χ0n) is 10.4. The normalized spacial score (nSPS) is 19.1. The van der Waals surface area contributed by atoms with Crippen LogP contribution in [-0.2, 0) is 11.3 Å². The molecule has 0 spiro atoms. The van der Waals surface area contributed by atoms with Gasteiger partial charge < -0.3 is 4.74 Å². The van der Waals surface area contributed by atoms with Crippen LogP contribution in [0.25, 0.3) is 0 Å². The van der Waals surface area contributed by atoms with E-state index in [0.717, 1.165) is 6.42 Å². The van der Waals surface area contributed by atoms with E-state index < -0.39 is 0 Å². The lowest BCUT2D eigenvalue weighted by Crippen LogP contribution is -2.13. The van der Waals surface area contributed by atoms with E-state index in [1.54, 1.807) is 0 Å². The average Bonchev–Trinajstić information content (AvgIpc) is 2.95. The van der Waals surface area contributed by atoms with Crippen LogP contribution in [0.5, 0.6) is 0 Å². The van der Waals surface area contributed by atoms with Gasteiger partial charge in [0.1, 0.15) is 0 Å². The van der Waals surface area contributed by atoms with Crippen LogP contribution in [0.3, 0.4) is 0 Å². The maximum atomic E-state index is 5.77. The van der Waals surface area contributed by atoms with Gasteiger partial charge in [-0.05, 0) is 32.3 Å². The molecule has 90 valence electrons. The Hall–Kier alpha value is -0.830. The Morgan fingerprint density at radius 2 is 2.25 bits per heavy atom. The molecule has 1 heterocycles. The third-order valence-corrected chi connectivity index (χ3v) is 3.51. The van der Waals surface area contributed by atoms with Gasteiger partial charge in [-0.25, -0.2) is 0 Å². The molecule has 0 radical (unpaired) electrons. The molecule has 0 unspecified atom stereocenters. The van der Waals surface area contributed by atoms with Gasteiger partial charge in [0.2, 0.25) is 0 Å². The number of hydrogen-bond donors (Lipinski definition) is 0. The van der Waals surface area contributed by atoms with Crippen LogP contribution in [0, 0.1) is 0 Å². The van der Waals surface area contributed by atoms with E-state index in [-0.39, 0.29) is 0 Å². The van der Waals surface area contributed by atoms with Crippen LogP contribution >= 0.6 is 0 Å². The van der Waals surface area contributed by atoms with E-state index in [9.17, 15) is 0 Å². The maximum Gasteiger partial charge on any atom is 0.0888 e. The van der Waals surface area contributed by atoms with Gasteiger partial charge >= 0.3 is 0 Å². The van der Waals surface area contributed by atoms with Gasteiger partial charge in [0.05, 0.1) is 24.4 Å². The standard InChI is InChI=1S/C13H22N2O/c1-3-11(2)16-10-13-8-9-14-15(13)12-6-4-5-7-12/h8-9,11-12H,3-7,10H2,1-2H3/t11-/m1/s1. The van der Waals surface area contributed by atoms with Gasteiger partial charge in [-0.3, -0.25) is 4.68 Å². The second-order valence-corrected chi connectivity index (χ2v) is 4.74. The van der Waals surface area contributed by atoms with E-state index >= 15 is 0 Å². The summed E-state index contributed by atoms with van der Waals surface area (Å²) >= 11 is 0. The zero-order valence-corrected chi connectivity index (χ0v) is 10.4. The van der Waals surface area contributed by atoms with Crippen molar-refractivity contribution in [2.45, 2.75) is 64.7 Å². The van der Waals surface area contributed by atoms with Crippen molar-refractivity contribution in [1.29, 1.82) is 0 Å². The monoisotopic (exact) mass is 222 g/mol. The first kappa shape index (κ1) is 11.6. The second kappa shape index (κ2) is 5.48. The Morgan fingerprint density at radius 3 is 2.94 bits per heavy atom. The van der Waals surface area contributed by atoms with Gasteiger partial charge in [0, 0.05) is 6.20 Å². The summed E-state index contributed by atoms with van der Waals surface area (Å²) < 4.78 is 7.95. The summed E-state index contributed by atoms with van der Waals surface area (Å²) in [6, 6.07) is 2.70. The quantitative estimate of drug-likeness (QED) is 0.764. The highest BCUT2D eigenvalue weighted by Crippen LogP contribution is 2.29. The molecule has 0 bridgehead atoms. The molecule has 1 fully saturated rings. The first-order valence-corrected chi connectivity index (χ1v) is 6.45. The molecule has 1 aliphatic carbocycles. The van der Waals surface area contributed by atoms with Crippen molar-refractivity contribution in [3.05, 3.63) is 18.0 Å². The van der Waals surface area contributed by atoms with Crippen LogP contribution in [-0.4, -0.2) is 15.9 Å². The smallest absolute Gasteiger partial charge is 0.0888 e. The van der Waals surface area contributed by atoms with Crippen molar-refractivity contribution in [3.8, 4) is 0 Å². The van der Waals surface area contributed by atoms with E-state index in [4.69, 9.17) is 4.74 Å². The minimum atomic E-state index is 0.340. The Balaban J connectivity index is 1.95. The Labute approximate surface area is 97.8 Å². The number of nitrogens with zero attached hydrogens (tertiary/aromatic N) is 2. The van der Waals surface area contributed by atoms with Crippen molar-refractivity contribution in [1.82, 2.24) is 9.78 Å². The average molecular weight is 222 g/mol. The Bertz CT molecular complexity index is 315. The first-order valence-electron chi connectivity index (χ1n) is 6.45. The molecule has 1 aromatic rings. The molecule has 0 saturated heterocycles. The molecule has 3 nitrogen and oxygen atoms in total. The summed E-state index contributed by atoms with van der Waals surface area (Å²) in [4.78, 5) is 0. The molecule has 16 heavy (non-hydrogen) atoms. The maximum absolute atomic E-state index is 5.77.